The summed E-state index contributed by atoms with van der Waals surface area (Å²) in [7, 11) is 3.95. The van der Waals surface area contributed by atoms with Crippen LogP contribution in [0.2, 0.25) is 0 Å². The van der Waals surface area contributed by atoms with Crippen LogP contribution in [0.1, 0.15) is 46.6 Å². The van der Waals surface area contributed by atoms with E-state index in [1.54, 1.807) is 13.1 Å². The van der Waals surface area contributed by atoms with Gasteiger partial charge in [-0.3, -0.25) is 5.32 Å². The minimum atomic E-state index is -0.492. The molecule has 2 amide bonds. The molecule has 30 heavy (non-hydrogen) atoms. The van der Waals surface area contributed by atoms with Crippen molar-refractivity contribution in [3.63, 3.8) is 0 Å². The summed E-state index contributed by atoms with van der Waals surface area (Å²) in [4.78, 5) is 28.0. The molecular weight excluding hydrogens is 400 g/mol. The predicted octanol–water partition coefficient (Wildman–Crippen LogP) is 4.27. The molecule has 0 unspecified atom stereocenters. The van der Waals surface area contributed by atoms with Crippen molar-refractivity contribution in [2.24, 2.45) is 11.0 Å². The number of anilines is 2. The van der Waals surface area contributed by atoms with E-state index >= 15 is 0 Å². The van der Waals surface area contributed by atoms with Crippen molar-refractivity contribution in [3.8, 4) is 0 Å². The lowest BCUT2D eigenvalue weighted by atomic mass is 9.88. The maximum Gasteiger partial charge on any atom is 0.341 e. The van der Waals surface area contributed by atoms with Crippen molar-refractivity contribution in [2.45, 2.75) is 33.1 Å². The van der Waals surface area contributed by atoms with Crippen LogP contribution >= 0.6 is 11.3 Å². The van der Waals surface area contributed by atoms with Crippen LogP contribution in [-0.4, -0.2) is 38.9 Å². The quantitative estimate of drug-likeness (QED) is 0.409. The molecule has 1 aromatic heterocycles. The molecule has 8 heteroatoms. The van der Waals surface area contributed by atoms with Crippen molar-refractivity contribution in [3.05, 3.63) is 45.8 Å². The Morgan fingerprint density at radius 1 is 1.30 bits per heavy atom. The Balaban J connectivity index is 1.69. The van der Waals surface area contributed by atoms with Crippen molar-refractivity contribution < 1.29 is 14.3 Å². The van der Waals surface area contributed by atoms with Crippen LogP contribution in [0.5, 0.6) is 0 Å². The van der Waals surface area contributed by atoms with Crippen molar-refractivity contribution in [1.29, 1.82) is 0 Å². The average molecular weight is 429 g/mol. The third kappa shape index (κ3) is 5.18. The van der Waals surface area contributed by atoms with Gasteiger partial charge in [-0.1, -0.05) is 19.1 Å². The van der Waals surface area contributed by atoms with Crippen LogP contribution in [0.4, 0.5) is 15.5 Å². The van der Waals surface area contributed by atoms with E-state index in [-0.39, 0.29) is 5.97 Å². The summed E-state index contributed by atoms with van der Waals surface area (Å²) in [5.41, 5.74) is 5.92. The molecule has 1 aromatic carbocycles. The number of nitrogens with one attached hydrogen (secondary N) is 2. The number of hydrogen-bond donors (Lipinski definition) is 2. The monoisotopic (exact) mass is 428 g/mol. The summed E-state index contributed by atoms with van der Waals surface area (Å²) in [6.07, 6.45) is 4.34. The first-order valence-corrected chi connectivity index (χ1v) is 10.9. The van der Waals surface area contributed by atoms with Crippen molar-refractivity contribution in [1.82, 2.24) is 5.43 Å². The Morgan fingerprint density at radius 2 is 2.03 bits per heavy atom. The maximum absolute atomic E-state index is 12.5. The maximum atomic E-state index is 12.5. The van der Waals surface area contributed by atoms with Gasteiger partial charge in [0.15, 0.2) is 0 Å². The van der Waals surface area contributed by atoms with E-state index in [0.717, 1.165) is 41.0 Å². The molecule has 2 N–H and O–H groups in total. The first kappa shape index (κ1) is 21.8. The Bertz CT molecular complexity index is 935. The van der Waals surface area contributed by atoms with Crippen LogP contribution < -0.4 is 15.6 Å². The first-order chi connectivity index (χ1) is 14.4. The van der Waals surface area contributed by atoms with E-state index in [1.165, 1.54) is 11.3 Å². The number of hydrogen-bond acceptors (Lipinski definition) is 6. The largest absolute Gasteiger partial charge is 0.462 e. The standard InChI is InChI=1S/C22H28N4O3S/c1-5-29-21(27)19-17-11-6-14(2)12-18(17)30-20(19)24-22(28)25-23-13-15-7-9-16(10-8-15)26(3)4/h7-10,13-14H,5-6,11-12H2,1-4H3,(H2,24,25,28)/b23-13-/t14-/m0/s1. The lowest BCUT2D eigenvalue weighted by molar-refractivity contribution is 0.0526. The number of carbonyl (C=O) groups is 2. The zero-order valence-corrected chi connectivity index (χ0v) is 18.6. The molecule has 0 bridgehead atoms. The highest BCUT2D eigenvalue weighted by molar-refractivity contribution is 7.17. The number of ether oxygens (including phenoxy) is 1. The number of rotatable bonds is 6. The number of amides is 2. The van der Waals surface area contributed by atoms with Crippen LogP contribution in [0.15, 0.2) is 29.4 Å². The van der Waals surface area contributed by atoms with Gasteiger partial charge in [0.05, 0.1) is 18.4 Å². The van der Waals surface area contributed by atoms with E-state index in [2.05, 4.69) is 22.8 Å². The van der Waals surface area contributed by atoms with Gasteiger partial charge in [-0.2, -0.15) is 5.10 Å². The third-order valence-electron chi connectivity index (χ3n) is 5.01. The molecule has 1 heterocycles. The summed E-state index contributed by atoms with van der Waals surface area (Å²) in [6, 6.07) is 7.31. The van der Waals surface area contributed by atoms with Gasteiger partial charge >= 0.3 is 12.0 Å². The number of fused-ring (bicyclic) bond motifs is 1. The van der Waals surface area contributed by atoms with E-state index in [0.29, 0.717) is 23.1 Å². The summed E-state index contributed by atoms with van der Waals surface area (Å²) in [6.45, 7) is 4.27. The molecule has 1 atom stereocenters. The molecule has 0 aliphatic heterocycles. The SMILES string of the molecule is CCOC(=O)c1c(NC(=O)N/N=C\c2ccc(N(C)C)cc2)sc2c1CC[C@H](C)C2. The number of esters is 1. The van der Waals surface area contributed by atoms with Crippen LogP contribution in [0.3, 0.4) is 0 Å². The fourth-order valence-corrected chi connectivity index (χ4v) is 4.81. The molecule has 7 nitrogen and oxygen atoms in total. The second kappa shape index (κ2) is 9.75. The number of urea groups is 1. The first-order valence-electron chi connectivity index (χ1n) is 10.1. The molecule has 0 saturated carbocycles. The highest BCUT2D eigenvalue weighted by atomic mass is 32.1. The third-order valence-corrected chi connectivity index (χ3v) is 6.18. The molecule has 0 saturated heterocycles. The Hall–Kier alpha value is -2.87. The zero-order valence-electron chi connectivity index (χ0n) is 17.8. The topological polar surface area (TPSA) is 83.0 Å². The Labute approximate surface area is 181 Å². The summed E-state index contributed by atoms with van der Waals surface area (Å²) in [5.74, 6) is 0.181. The second-order valence-electron chi connectivity index (χ2n) is 7.59. The van der Waals surface area contributed by atoms with E-state index in [4.69, 9.17) is 4.74 Å². The summed E-state index contributed by atoms with van der Waals surface area (Å²) >= 11 is 1.45. The van der Waals surface area contributed by atoms with E-state index in [9.17, 15) is 9.59 Å². The smallest absolute Gasteiger partial charge is 0.341 e. The molecule has 1 aliphatic carbocycles. The fraction of sp³-hybridized carbons (Fsp3) is 0.409. The molecular formula is C22H28N4O3S. The molecule has 1 aliphatic rings. The second-order valence-corrected chi connectivity index (χ2v) is 8.69. The molecule has 0 fully saturated rings. The minimum Gasteiger partial charge on any atom is -0.462 e. The van der Waals surface area contributed by atoms with Crippen LogP contribution in [0, 0.1) is 5.92 Å². The lowest BCUT2D eigenvalue weighted by Crippen LogP contribution is -2.25. The number of benzene rings is 1. The van der Waals surface area contributed by atoms with Crippen molar-refractivity contribution >= 4 is 40.2 Å². The van der Waals surface area contributed by atoms with Gasteiger partial charge in [-0.05, 0) is 55.4 Å². The van der Waals surface area contributed by atoms with Gasteiger partial charge in [0.25, 0.3) is 0 Å². The summed E-state index contributed by atoms with van der Waals surface area (Å²) < 4.78 is 5.23. The van der Waals surface area contributed by atoms with Gasteiger partial charge in [-0.15, -0.1) is 11.3 Å². The normalized spacial score (nSPS) is 15.5. The van der Waals surface area contributed by atoms with Crippen LogP contribution in [-0.2, 0) is 17.6 Å². The molecule has 160 valence electrons. The van der Waals surface area contributed by atoms with E-state index < -0.39 is 6.03 Å². The van der Waals surface area contributed by atoms with Crippen LogP contribution in [0.25, 0.3) is 0 Å². The van der Waals surface area contributed by atoms with Gasteiger partial charge in [0, 0.05) is 24.7 Å². The molecule has 3 rings (SSSR count). The average Bonchev–Trinajstić information content (AvgIpc) is 3.05. The number of carbonyl (C=O) groups excluding carboxylic acids is 2. The van der Waals surface area contributed by atoms with Gasteiger partial charge in [-0.25, -0.2) is 15.0 Å². The predicted molar refractivity (Wildman–Crippen MR) is 122 cm³/mol. The summed E-state index contributed by atoms with van der Waals surface area (Å²) in [5, 5.41) is 7.31. The molecule has 0 radical (unpaired) electrons. The number of nitrogens with zero attached hydrogens (tertiary/aromatic N) is 2. The van der Waals surface area contributed by atoms with Crippen molar-refractivity contribution in [2.75, 3.05) is 30.9 Å². The van der Waals surface area contributed by atoms with Gasteiger partial charge < -0.3 is 9.64 Å². The Kier molecular flexibility index (Phi) is 7.10. The Morgan fingerprint density at radius 3 is 2.70 bits per heavy atom. The number of hydrazone groups is 1. The molecule has 0 spiro atoms. The number of thiophene rings is 1. The zero-order chi connectivity index (χ0) is 21.7. The highest BCUT2D eigenvalue weighted by Crippen LogP contribution is 2.40. The van der Waals surface area contributed by atoms with Gasteiger partial charge in [0.2, 0.25) is 0 Å². The fourth-order valence-electron chi connectivity index (χ4n) is 3.41. The lowest BCUT2D eigenvalue weighted by Gasteiger charge is -2.18. The van der Waals surface area contributed by atoms with E-state index in [1.807, 2.05) is 43.3 Å². The minimum absolute atomic E-state index is 0.294. The molecule has 2 aromatic rings. The van der Waals surface area contributed by atoms with Gasteiger partial charge in [0.1, 0.15) is 5.00 Å². The highest BCUT2D eigenvalue weighted by Gasteiger charge is 2.29.